The van der Waals surface area contributed by atoms with E-state index in [1.165, 1.54) is 13.0 Å². The predicted molar refractivity (Wildman–Crippen MR) is 160 cm³/mol. The molecule has 1 amide bonds. The molecular weight excluding hydrogens is 508 g/mol. The van der Waals surface area contributed by atoms with Gasteiger partial charge in [-0.25, -0.2) is 4.79 Å². The van der Waals surface area contributed by atoms with Crippen LogP contribution in [0.4, 0.5) is 0 Å². The molecule has 40 heavy (non-hydrogen) atoms. The summed E-state index contributed by atoms with van der Waals surface area (Å²) in [6.45, 7) is 11.1. The van der Waals surface area contributed by atoms with Gasteiger partial charge < -0.3 is 24.9 Å². The Balaban J connectivity index is 5.62. The smallest absolute Gasteiger partial charge is 0.332 e. The van der Waals surface area contributed by atoms with Crippen LogP contribution in [0.5, 0.6) is 0 Å². The Morgan fingerprint density at radius 2 is 1.20 bits per heavy atom. The van der Waals surface area contributed by atoms with E-state index < -0.39 is 30.3 Å². The fourth-order valence-corrected chi connectivity index (χ4v) is 3.57. The van der Waals surface area contributed by atoms with Crippen LogP contribution in [0, 0.1) is 11.8 Å². The quantitative estimate of drug-likeness (QED) is 0.0877. The Kier molecular flexibility index (Phi) is 20.7. The summed E-state index contributed by atoms with van der Waals surface area (Å²) in [5, 5.41) is 5.74. The lowest BCUT2D eigenvalue weighted by Crippen LogP contribution is -2.48. The zero-order chi connectivity index (χ0) is 30.3. The van der Waals surface area contributed by atoms with Crippen LogP contribution in [0.2, 0.25) is 0 Å². The van der Waals surface area contributed by atoms with Crippen molar-refractivity contribution in [3.05, 3.63) is 60.8 Å². The molecule has 224 valence electrons. The van der Waals surface area contributed by atoms with Crippen LogP contribution >= 0.6 is 0 Å². The number of esters is 2. The van der Waals surface area contributed by atoms with Crippen LogP contribution < -0.4 is 10.6 Å². The van der Waals surface area contributed by atoms with Crippen molar-refractivity contribution in [2.24, 2.45) is 11.8 Å². The molecule has 0 aliphatic rings. The first-order valence-corrected chi connectivity index (χ1v) is 14.3. The maximum Gasteiger partial charge on any atom is 0.332 e. The van der Waals surface area contributed by atoms with Crippen LogP contribution in [-0.2, 0) is 28.7 Å². The van der Waals surface area contributed by atoms with E-state index in [2.05, 4.69) is 10.6 Å². The Morgan fingerprint density at radius 3 is 1.70 bits per heavy atom. The molecule has 0 radical (unpaired) electrons. The van der Waals surface area contributed by atoms with Crippen molar-refractivity contribution >= 4 is 23.6 Å². The molecule has 8 nitrogen and oxygen atoms in total. The molecule has 0 saturated heterocycles. The molecule has 0 spiro atoms. The molecule has 0 aliphatic heterocycles. The van der Waals surface area contributed by atoms with Crippen LogP contribution in [0.25, 0.3) is 0 Å². The van der Waals surface area contributed by atoms with E-state index in [0.29, 0.717) is 25.7 Å². The molecule has 2 N–H and O–H groups in total. The Labute approximate surface area is 241 Å². The lowest BCUT2D eigenvalue weighted by molar-refractivity contribution is -0.184. The first kappa shape index (κ1) is 36.7. The van der Waals surface area contributed by atoms with E-state index in [1.807, 2.05) is 71.1 Å². The maximum absolute atomic E-state index is 13.2. The Hall–Kier alpha value is -3.26. The van der Waals surface area contributed by atoms with Crippen molar-refractivity contribution in [1.82, 2.24) is 10.6 Å². The molecule has 0 aliphatic carbocycles. The van der Waals surface area contributed by atoms with Gasteiger partial charge in [0, 0.05) is 12.8 Å². The molecule has 5 atom stereocenters. The minimum Gasteiger partial charge on any atom is -0.420 e. The molecule has 0 aromatic heterocycles. The highest BCUT2D eigenvalue weighted by atomic mass is 16.7. The topological polar surface area (TPSA) is 111 Å². The van der Waals surface area contributed by atoms with Crippen LogP contribution in [0.15, 0.2) is 60.8 Å². The third-order valence-electron chi connectivity index (χ3n) is 6.45. The van der Waals surface area contributed by atoms with E-state index >= 15 is 0 Å². The number of hydrogen-bond donors (Lipinski definition) is 2. The van der Waals surface area contributed by atoms with E-state index in [-0.39, 0.29) is 29.9 Å². The third-order valence-corrected chi connectivity index (χ3v) is 6.45. The van der Waals surface area contributed by atoms with Gasteiger partial charge in [-0.1, -0.05) is 95.2 Å². The van der Waals surface area contributed by atoms with Gasteiger partial charge in [0.25, 0.3) is 6.29 Å². The summed E-state index contributed by atoms with van der Waals surface area (Å²) >= 11 is 0. The van der Waals surface area contributed by atoms with Gasteiger partial charge in [0.15, 0.2) is 0 Å². The van der Waals surface area contributed by atoms with Gasteiger partial charge in [-0.15, -0.1) is 0 Å². The predicted octanol–water partition coefficient (Wildman–Crippen LogP) is 5.51. The lowest BCUT2D eigenvalue weighted by atomic mass is 9.99. The second kappa shape index (κ2) is 22.5. The molecule has 0 saturated carbocycles. The number of rotatable bonds is 20. The molecule has 8 heteroatoms. The van der Waals surface area contributed by atoms with Gasteiger partial charge in [0.05, 0.1) is 0 Å². The van der Waals surface area contributed by atoms with E-state index in [4.69, 9.17) is 9.47 Å². The summed E-state index contributed by atoms with van der Waals surface area (Å²) in [6, 6.07) is -1.47. The minimum absolute atomic E-state index is 0.00799. The highest BCUT2D eigenvalue weighted by Crippen LogP contribution is 2.15. The van der Waals surface area contributed by atoms with Gasteiger partial charge >= 0.3 is 11.9 Å². The first-order chi connectivity index (χ1) is 19.1. The van der Waals surface area contributed by atoms with E-state index in [1.54, 1.807) is 25.3 Å². The first-order valence-electron chi connectivity index (χ1n) is 14.3. The van der Waals surface area contributed by atoms with Gasteiger partial charge in [0.1, 0.15) is 17.9 Å². The summed E-state index contributed by atoms with van der Waals surface area (Å²) in [6.07, 6.45) is 19.9. The van der Waals surface area contributed by atoms with Crippen molar-refractivity contribution in [1.29, 1.82) is 0 Å². The maximum atomic E-state index is 13.2. The highest BCUT2D eigenvalue weighted by Gasteiger charge is 2.31. The second-order valence-corrected chi connectivity index (χ2v) is 9.80. The zero-order valence-corrected chi connectivity index (χ0v) is 25.4. The normalized spacial score (nSPS) is 16.0. The number of nitrogens with one attached hydrogen (secondary N) is 2. The van der Waals surface area contributed by atoms with Crippen molar-refractivity contribution in [3.8, 4) is 0 Å². The van der Waals surface area contributed by atoms with Gasteiger partial charge in [-0.3, -0.25) is 9.59 Å². The van der Waals surface area contributed by atoms with Gasteiger partial charge in [0.2, 0.25) is 5.91 Å². The molecule has 0 rings (SSSR count). The molecule has 0 aromatic rings. The highest BCUT2D eigenvalue weighted by molar-refractivity contribution is 5.85. The van der Waals surface area contributed by atoms with Crippen molar-refractivity contribution < 1.29 is 28.7 Å². The van der Waals surface area contributed by atoms with Crippen LogP contribution in [0.3, 0.4) is 0 Å². The zero-order valence-electron chi connectivity index (χ0n) is 25.4. The average molecular weight is 559 g/mol. The van der Waals surface area contributed by atoms with E-state index in [9.17, 15) is 19.2 Å². The fraction of sp³-hybridized carbons (Fsp3) is 0.562. The summed E-state index contributed by atoms with van der Waals surface area (Å²) in [5.74, 6) is -1.63. The number of Topliss-reactive ketones (excluding diaryl/α,β-unsaturated/α-hetero) is 1. The lowest BCUT2D eigenvalue weighted by Gasteiger charge is -2.26. The van der Waals surface area contributed by atoms with Gasteiger partial charge in [-0.05, 0) is 51.6 Å². The monoisotopic (exact) mass is 558 g/mol. The second-order valence-electron chi connectivity index (χ2n) is 9.80. The minimum atomic E-state index is -1.28. The largest absolute Gasteiger partial charge is 0.420 e. The molecule has 0 fully saturated rings. The Bertz CT molecular complexity index is 918. The number of carbonyl (C=O) groups excluding carboxylic acids is 4. The standard InChI is InChI=1S/C32H50N2O6/c1-8-11-12-13-14-15-16-17-18-23-28(39-31(37)29(33-7)24(4)9-2)40-32(38)30(25(5)10-3)34-27(36)22-20-19-21-26(6)35/h8,11-18,23-25,28-30,33H,9-10,19-22H2,1-7H3,(H,34,36)/b11-8+,13-12+,15-14+,17-16+,23-18+. The van der Waals surface area contributed by atoms with E-state index in [0.717, 1.165) is 6.42 Å². The van der Waals surface area contributed by atoms with Crippen molar-refractivity contribution in [2.75, 3.05) is 7.05 Å². The van der Waals surface area contributed by atoms with Crippen LogP contribution in [-0.4, -0.2) is 49.1 Å². The molecule has 0 bridgehead atoms. The number of likely N-dealkylation sites (N-methyl/N-ethyl adjacent to an activating group) is 1. The fourth-order valence-electron chi connectivity index (χ4n) is 3.57. The molecule has 0 aromatic carbocycles. The SMILES string of the molecule is C/C=C/C=C/C=C/C=C/C=C/C(OC(=O)C(NC)C(C)CC)OC(=O)C(NC(=O)CCCCC(C)=O)C(C)CC. The third kappa shape index (κ3) is 16.6. The number of amides is 1. The summed E-state index contributed by atoms with van der Waals surface area (Å²) in [7, 11) is 1.68. The summed E-state index contributed by atoms with van der Waals surface area (Å²) in [5.41, 5.74) is 0. The van der Waals surface area contributed by atoms with Crippen molar-refractivity contribution in [3.63, 3.8) is 0 Å². The number of allylic oxidation sites excluding steroid dienone is 9. The number of ether oxygens (including phenoxy) is 2. The molecule has 0 heterocycles. The molecule has 5 unspecified atom stereocenters. The van der Waals surface area contributed by atoms with Crippen molar-refractivity contribution in [2.45, 2.75) is 98.4 Å². The Morgan fingerprint density at radius 1 is 0.725 bits per heavy atom. The number of hydrogen-bond acceptors (Lipinski definition) is 7. The number of unbranched alkanes of at least 4 members (excludes halogenated alkanes) is 1. The molecular formula is C32H50N2O6. The number of carbonyl (C=O) groups is 4. The summed E-state index contributed by atoms with van der Waals surface area (Å²) in [4.78, 5) is 49.8. The summed E-state index contributed by atoms with van der Waals surface area (Å²) < 4.78 is 11.2. The van der Waals surface area contributed by atoms with Crippen LogP contribution in [0.1, 0.15) is 80.1 Å². The average Bonchev–Trinajstić information content (AvgIpc) is 2.92. The van der Waals surface area contributed by atoms with Gasteiger partial charge in [-0.2, -0.15) is 0 Å². The number of ketones is 1.